The van der Waals surface area contributed by atoms with Crippen molar-refractivity contribution in [2.45, 2.75) is 25.3 Å². The third-order valence-electron chi connectivity index (χ3n) is 4.50. The van der Waals surface area contributed by atoms with E-state index in [1.165, 1.54) is 4.70 Å². The molecule has 1 atom stereocenters. The molecule has 4 nitrogen and oxygen atoms in total. The van der Waals surface area contributed by atoms with E-state index in [9.17, 15) is 4.79 Å². The van der Waals surface area contributed by atoms with Gasteiger partial charge in [0.2, 0.25) is 5.91 Å². The number of nitrogen functional groups attached to an aromatic ring is 1. The van der Waals surface area contributed by atoms with E-state index in [0.717, 1.165) is 41.2 Å². The smallest absolute Gasteiger partial charge is 0.227 e. The van der Waals surface area contributed by atoms with Crippen molar-refractivity contribution in [3.8, 4) is 0 Å². The number of thiazole rings is 1. The Morgan fingerprint density at radius 3 is 2.79 bits per heavy atom. The number of aromatic nitrogens is 1. The molecule has 2 N–H and O–H groups in total. The summed E-state index contributed by atoms with van der Waals surface area (Å²) in [5.74, 6) is 0.168. The number of likely N-dealkylation sites (tertiary alicyclic amines) is 1. The highest BCUT2D eigenvalue weighted by molar-refractivity contribution is 7.18. The topological polar surface area (TPSA) is 59.2 Å². The summed E-state index contributed by atoms with van der Waals surface area (Å²) in [6.45, 7) is 0.814. The molecule has 0 saturated carbocycles. The van der Waals surface area contributed by atoms with Gasteiger partial charge >= 0.3 is 0 Å². The zero-order chi connectivity index (χ0) is 16.5. The third kappa shape index (κ3) is 2.87. The molecule has 1 fully saturated rings. The van der Waals surface area contributed by atoms with Crippen molar-refractivity contribution in [2.24, 2.45) is 0 Å². The summed E-state index contributed by atoms with van der Waals surface area (Å²) >= 11 is 1.70. The number of fused-ring (bicyclic) bond motifs is 1. The molecule has 2 aromatic carbocycles. The van der Waals surface area contributed by atoms with Crippen molar-refractivity contribution < 1.29 is 4.79 Å². The van der Waals surface area contributed by atoms with Gasteiger partial charge in [0.1, 0.15) is 5.01 Å². The van der Waals surface area contributed by atoms with Crippen molar-refractivity contribution in [1.29, 1.82) is 0 Å². The number of anilines is 1. The molecule has 1 unspecified atom stereocenters. The molecule has 1 saturated heterocycles. The lowest BCUT2D eigenvalue weighted by Crippen LogP contribution is -2.31. The molecular weight excluding hydrogens is 318 g/mol. The summed E-state index contributed by atoms with van der Waals surface area (Å²) in [6.07, 6.45) is 2.45. The highest BCUT2D eigenvalue weighted by Crippen LogP contribution is 2.36. The number of nitrogens with zero attached hydrogens (tertiary/aromatic N) is 2. The van der Waals surface area contributed by atoms with Crippen molar-refractivity contribution in [2.75, 3.05) is 12.3 Å². The third-order valence-corrected chi connectivity index (χ3v) is 5.64. The summed E-state index contributed by atoms with van der Waals surface area (Å²) in [4.78, 5) is 19.5. The fourth-order valence-corrected chi connectivity index (χ4v) is 4.38. The number of hydrogen-bond acceptors (Lipinski definition) is 4. The summed E-state index contributed by atoms with van der Waals surface area (Å²) in [5, 5.41) is 1.05. The van der Waals surface area contributed by atoms with E-state index < -0.39 is 0 Å². The highest BCUT2D eigenvalue weighted by atomic mass is 32.1. The predicted octanol–water partition coefficient (Wildman–Crippen LogP) is 3.78. The summed E-state index contributed by atoms with van der Waals surface area (Å²) in [7, 11) is 0. The van der Waals surface area contributed by atoms with Gasteiger partial charge in [-0.2, -0.15) is 0 Å². The lowest BCUT2D eigenvalue weighted by molar-refractivity contribution is -0.131. The largest absolute Gasteiger partial charge is 0.399 e. The second-order valence-electron chi connectivity index (χ2n) is 6.18. The van der Waals surface area contributed by atoms with Crippen LogP contribution in [0.2, 0.25) is 0 Å². The number of carbonyl (C=O) groups excluding carboxylic acids is 1. The Kier molecular flexibility index (Phi) is 3.94. The second-order valence-corrected chi connectivity index (χ2v) is 7.25. The first-order chi connectivity index (χ1) is 11.7. The van der Waals surface area contributed by atoms with Gasteiger partial charge in [-0.3, -0.25) is 4.79 Å². The zero-order valence-electron chi connectivity index (χ0n) is 13.3. The van der Waals surface area contributed by atoms with Gasteiger partial charge in [0.25, 0.3) is 0 Å². The maximum absolute atomic E-state index is 12.8. The van der Waals surface area contributed by atoms with Crippen molar-refractivity contribution >= 4 is 33.1 Å². The monoisotopic (exact) mass is 337 g/mol. The Labute approximate surface area is 144 Å². The molecule has 3 aromatic rings. The van der Waals surface area contributed by atoms with Gasteiger partial charge in [-0.05, 0) is 42.7 Å². The van der Waals surface area contributed by atoms with E-state index in [4.69, 9.17) is 10.7 Å². The van der Waals surface area contributed by atoms with Crippen LogP contribution in [0.1, 0.15) is 29.5 Å². The minimum Gasteiger partial charge on any atom is -0.399 e. The molecule has 1 aromatic heterocycles. The van der Waals surface area contributed by atoms with Crippen LogP contribution in [-0.2, 0) is 11.2 Å². The van der Waals surface area contributed by atoms with Crippen LogP contribution in [0.5, 0.6) is 0 Å². The first-order valence-electron chi connectivity index (χ1n) is 8.20. The quantitative estimate of drug-likeness (QED) is 0.740. The number of rotatable bonds is 3. The van der Waals surface area contributed by atoms with Crippen LogP contribution in [-0.4, -0.2) is 22.3 Å². The number of para-hydroxylation sites is 1. The molecule has 1 aliphatic heterocycles. The van der Waals surface area contributed by atoms with E-state index in [-0.39, 0.29) is 11.9 Å². The number of nitrogens with two attached hydrogens (primary N) is 1. The molecule has 122 valence electrons. The second kappa shape index (κ2) is 6.24. The Morgan fingerprint density at radius 2 is 2.00 bits per heavy atom. The number of carbonyl (C=O) groups is 1. The molecule has 0 bridgehead atoms. The van der Waals surface area contributed by atoms with Gasteiger partial charge in [-0.15, -0.1) is 11.3 Å². The highest BCUT2D eigenvalue weighted by Gasteiger charge is 2.32. The van der Waals surface area contributed by atoms with E-state index in [1.54, 1.807) is 11.3 Å². The molecule has 0 aliphatic carbocycles. The van der Waals surface area contributed by atoms with Crippen LogP contribution in [0.15, 0.2) is 48.5 Å². The zero-order valence-corrected chi connectivity index (χ0v) is 14.1. The molecular formula is C19H19N3OS. The van der Waals surface area contributed by atoms with Gasteiger partial charge in [-0.25, -0.2) is 4.98 Å². The Balaban J connectivity index is 1.55. The minimum atomic E-state index is 0.115. The first kappa shape index (κ1) is 15.1. The Bertz CT molecular complexity index is 839. The lowest BCUT2D eigenvalue weighted by atomic mass is 10.1. The summed E-state index contributed by atoms with van der Waals surface area (Å²) in [6, 6.07) is 15.8. The number of benzene rings is 2. The average molecular weight is 337 g/mol. The lowest BCUT2D eigenvalue weighted by Gasteiger charge is -2.23. The molecule has 2 heterocycles. The number of hydrogen-bond donors (Lipinski definition) is 1. The Hall–Kier alpha value is -2.40. The molecule has 1 aliphatic rings. The Morgan fingerprint density at radius 1 is 1.21 bits per heavy atom. The van der Waals surface area contributed by atoms with Crippen LogP contribution in [0.3, 0.4) is 0 Å². The average Bonchev–Trinajstić information content (AvgIpc) is 3.23. The van der Waals surface area contributed by atoms with E-state index in [0.29, 0.717) is 6.42 Å². The maximum Gasteiger partial charge on any atom is 0.227 e. The molecule has 0 spiro atoms. The van der Waals surface area contributed by atoms with E-state index >= 15 is 0 Å². The first-order valence-corrected chi connectivity index (χ1v) is 9.02. The van der Waals surface area contributed by atoms with Gasteiger partial charge in [0, 0.05) is 12.2 Å². The van der Waals surface area contributed by atoms with Gasteiger partial charge in [0.05, 0.1) is 22.7 Å². The predicted molar refractivity (Wildman–Crippen MR) is 97.9 cm³/mol. The van der Waals surface area contributed by atoms with Crippen molar-refractivity contribution in [3.05, 3.63) is 59.1 Å². The molecule has 5 heteroatoms. The van der Waals surface area contributed by atoms with Crippen LogP contribution < -0.4 is 5.73 Å². The summed E-state index contributed by atoms with van der Waals surface area (Å²) in [5.41, 5.74) is 8.46. The van der Waals surface area contributed by atoms with Gasteiger partial charge < -0.3 is 10.6 Å². The fourth-order valence-electron chi connectivity index (χ4n) is 3.27. The van der Waals surface area contributed by atoms with Crippen molar-refractivity contribution in [1.82, 2.24) is 9.88 Å². The van der Waals surface area contributed by atoms with Crippen LogP contribution in [0.4, 0.5) is 5.69 Å². The van der Waals surface area contributed by atoms with E-state index in [2.05, 4.69) is 6.07 Å². The fraction of sp³-hybridized carbons (Fsp3) is 0.263. The van der Waals surface area contributed by atoms with Crippen LogP contribution in [0.25, 0.3) is 10.2 Å². The molecule has 0 radical (unpaired) electrons. The molecule has 1 amide bonds. The van der Waals surface area contributed by atoms with Gasteiger partial charge in [-0.1, -0.05) is 24.3 Å². The van der Waals surface area contributed by atoms with E-state index in [1.807, 2.05) is 47.4 Å². The SMILES string of the molecule is Nc1ccc(CC(=O)N2CCCC2c2nc3ccccc3s2)cc1. The van der Waals surface area contributed by atoms with Gasteiger partial charge in [0.15, 0.2) is 0 Å². The normalized spacial score (nSPS) is 17.5. The summed E-state index contributed by atoms with van der Waals surface area (Å²) < 4.78 is 1.19. The maximum atomic E-state index is 12.8. The van der Waals surface area contributed by atoms with Crippen LogP contribution >= 0.6 is 11.3 Å². The van der Waals surface area contributed by atoms with Crippen LogP contribution in [0, 0.1) is 0 Å². The number of amides is 1. The van der Waals surface area contributed by atoms with Crippen molar-refractivity contribution in [3.63, 3.8) is 0 Å². The molecule has 24 heavy (non-hydrogen) atoms. The molecule has 4 rings (SSSR count). The minimum absolute atomic E-state index is 0.115. The standard InChI is InChI=1S/C19H19N3OS/c20-14-9-7-13(8-10-14)12-18(23)22-11-3-5-16(22)19-21-15-4-1-2-6-17(15)24-19/h1-2,4,6-10,16H,3,5,11-12,20H2.